The third-order valence-corrected chi connectivity index (χ3v) is 2.77. The molecule has 3 rings (SSSR count). The van der Waals surface area contributed by atoms with Crippen molar-refractivity contribution in [1.82, 2.24) is 9.97 Å². The van der Waals surface area contributed by atoms with Crippen molar-refractivity contribution in [2.45, 2.75) is 0 Å². The van der Waals surface area contributed by atoms with Crippen molar-refractivity contribution in [2.75, 3.05) is 5.32 Å². The van der Waals surface area contributed by atoms with E-state index in [4.69, 9.17) is 0 Å². The number of amides is 1. The van der Waals surface area contributed by atoms with Crippen LogP contribution in [-0.4, -0.2) is 15.9 Å². The lowest BCUT2D eigenvalue weighted by Gasteiger charge is -2.01. The zero-order valence-electron chi connectivity index (χ0n) is 9.85. The van der Waals surface area contributed by atoms with Gasteiger partial charge >= 0.3 is 0 Å². The summed E-state index contributed by atoms with van der Waals surface area (Å²) in [7, 11) is 0. The molecule has 0 fully saturated rings. The highest BCUT2D eigenvalue weighted by molar-refractivity contribution is 6.05. The molecule has 3 aromatic rings. The number of nitrogens with one attached hydrogen (secondary N) is 2. The van der Waals surface area contributed by atoms with Crippen LogP contribution < -0.4 is 5.32 Å². The second-order valence-electron chi connectivity index (χ2n) is 4.08. The van der Waals surface area contributed by atoms with Gasteiger partial charge in [-0.3, -0.25) is 9.78 Å². The van der Waals surface area contributed by atoms with Crippen LogP contribution in [0.15, 0.2) is 48.8 Å². The van der Waals surface area contributed by atoms with E-state index in [2.05, 4.69) is 15.3 Å². The summed E-state index contributed by atoms with van der Waals surface area (Å²) in [4.78, 5) is 18.8. The molecule has 0 saturated carbocycles. The molecule has 2 heterocycles. The Balaban J connectivity index is 1.92. The summed E-state index contributed by atoms with van der Waals surface area (Å²) in [6.07, 6.45) is 3.16. The maximum Gasteiger partial charge on any atom is 0.272 e. The molecule has 0 atom stereocenters. The SMILES string of the molecule is O=C(Nc1cccnc1)c1cc2c(F)cccc2[nH]1. The Morgan fingerprint density at radius 3 is 2.89 bits per heavy atom. The van der Waals surface area contributed by atoms with Crippen LogP contribution in [0.1, 0.15) is 10.5 Å². The third-order valence-electron chi connectivity index (χ3n) is 2.77. The van der Waals surface area contributed by atoms with Crippen molar-refractivity contribution in [3.8, 4) is 0 Å². The first-order chi connectivity index (χ1) is 9.24. The maximum absolute atomic E-state index is 13.5. The molecular weight excluding hydrogens is 245 g/mol. The first-order valence-corrected chi connectivity index (χ1v) is 5.72. The third kappa shape index (κ3) is 2.18. The van der Waals surface area contributed by atoms with Gasteiger partial charge in [-0.1, -0.05) is 6.07 Å². The second kappa shape index (κ2) is 4.53. The van der Waals surface area contributed by atoms with Gasteiger partial charge < -0.3 is 10.3 Å². The van der Waals surface area contributed by atoms with Crippen LogP contribution in [0.4, 0.5) is 10.1 Å². The van der Waals surface area contributed by atoms with Crippen LogP contribution in [0.3, 0.4) is 0 Å². The molecule has 0 aliphatic carbocycles. The van der Waals surface area contributed by atoms with Crippen molar-refractivity contribution in [3.63, 3.8) is 0 Å². The Morgan fingerprint density at radius 1 is 1.26 bits per heavy atom. The number of aromatic nitrogens is 2. The van der Waals surface area contributed by atoms with Gasteiger partial charge in [0.15, 0.2) is 0 Å². The van der Waals surface area contributed by atoms with E-state index in [1.165, 1.54) is 12.1 Å². The van der Waals surface area contributed by atoms with Crippen molar-refractivity contribution in [3.05, 3.63) is 60.3 Å². The Hall–Kier alpha value is -2.69. The van der Waals surface area contributed by atoms with Crippen molar-refractivity contribution < 1.29 is 9.18 Å². The van der Waals surface area contributed by atoms with E-state index in [1.54, 1.807) is 36.7 Å². The molecule has 1 aromatic carbocycles. The number of benzene rings is 1. The summed E-state index contributed by atoms with van der Waals surface area (Å²) < 4.78 is 13.5. The number of H-pyrrole nitrogens is 1. The standard InChI is InChI=1S/C14H10FN3O/c15-11-4-1-5-12-10(11)7-13(18-12)14(19)17-9-3-2-6-16-8-9/h1-8,18H,(H,17,19). The number of hydrogen-bond donors (Lipinski definition) is 2. The Labute approximate surface area is 108 Å². The highest BCUT2D eigenvalue weighted by Gasteiger charge is 2.11. The monoisotopic (exact) mass is 255 g/mol. The first-order valence-electron chi connectivity index (χ1n) is 5.72. The lowest BCUT2D eigenvalue weighted by atomic mass is 10.2. The first kappa shape index (κ1) is 11.4. The predicted octanol–water partition coefficient (Wildman–Crippen LogP) is 2.95. The average molecular weight is 255 g/mol. The van der Waals surface area contributed by atoms with Crippen LogP contribution in [-0.2, 0) is 0 Å². The molecule has 0 unspecified atom stereocenters. The molecule has 2 aromatic heterocycles. The summed E-state index contributed by atoms with van der Waals surface area (Å²) in [5.41, 5.74) is 1.49. The minimum atomic E-state index is -0.353. The molecule has 5 heteroatoms. The highest BCUT2D eigenvalue weighted by Crippen LogP contribution is 2.19. The molecule has 4 nitrogen and oxygen atoms in total. The van der Waals surface area contributed by atoms with Crippen LogP contribution >= 0.6 is 0 Å². The molecule has 19 heavy (non-hydrogen) atoms. The summed E-state index contributed by atoms with van der Waals surface area (Å²) in [6.45, 7) is 0. The number of rotatable bonds is 2. The van der Waals surface area contributed by atoms with E-state index < -0.39 is 0 Å². The van der Waals surface area contributed by atoms with Gasteiger partial charge in [0.25, 0.3) is 5.91 Å². The Morgan fingerprint density at radius 2 is 2.16 bits per heavy atom. The number of nitrogens with zero attached hydrogens (tertiary/aromatic N) is 1. The molecule has 0 spiro atoms. The number of carbonyl (C=O) groups is 1. The smallest absolute Gasteiger partial charge is 0.272 e. The van der Waals surface area contributed by atoms with Gasteiger partial charge in [-0.25, -0.2) is 4.39 Å². The number of carbonyl (C=O) groups excluding carboxylic acids is 1. The minimum absolute atomic E-state index is 0.309. The Bertz CT molecular complexity index is 737. The van der Waals surface area contributed by atoms with Crippen molar-refractivity contribution >= 4 is 22.5 Å². The fraction of sp³-hybridized carbons (Fsp3) is 0. The van der Waals surface area contributed by atoms with Crippen LogP contribution in [0.5, 0.6) is 0 Å². The van der Waals surface area contributed by atoms with Gasteiger partial charge in [-0.15, -0.1) is 0 Å². The fourth-order valence-corrected chi connectivity index (χ4v) is 1.88. The molecule has 94 valence electrons. The predicted molar refractivity (Wildman–Crippen MR) is 70.4 cm³/mol. The highest BCUT2D eigenvalue weighted by atomic mass is 19.1. The molecule has 0 aliphatic heterocycles. The van der Waals surface area contributed by atoms with E-state index in [-0.39, 0.29) is 11.7 Å². The summed E-state index contributed by atoms with van der Waals surface area (Å²) in [5, 5.41) is 3.09. The topological polar surface area (TPSA) is 57.8 Å². The van der Waals surface area contributed by atoms with Crippen LogP contribution in [0, 0.1) is 5.82 Å². The fourth-order valence-electron chi connectivity index (χ4n) is 1.88. The number of halogens is 1. The molecule has 0 bridgehead atoms. The minimum Gasteiger partial charge on any atom is -0.350 e. The van der Waals surface area contributed by atoms with Gasteiger partial charge in [0.2, 0.25) is 0 Å². The quantitative estimate of drug-likeness (QED) is 0.739. The lowest BCUT2D eigenvalue weighted by molar-refractivity contribution is 0.102. The zero-order valence-corrected chi connectivity index (χ0v) is 9.85. The van der Waals surface area contributed by atoms with E-state index in [0.717, 1.165) is 0 Å². The average Bonchev–Trinajstić information content (AvgIpc) is 2.85. The van der Waals surface area contributed by atoms with Gasteiger partial charge in [0, 0.05) is 17.1 Å². The number of fused-ring (bicyclic) bond motifs is 1. The summed E-state index contributed by atoms with van der Waals surface area (Å²) in [5.74, 6) is -0.683. The number of hydrogen-bond acceptors (Lipinski definition) is 2. The largest absolute Gasteiger partial charge is 0.350 e. The van der Waals surface area contributed by atoms with E-state index in [9.17, 15) is 9.18 Å². The van der Waals surface area contributed by atoms with E-state index in [0.29, 0.717) is 22.3 Å². The molecule has 2 N–H and O–H groups in total. The summed E-state index contributed by atoms with van der Waals surface area (Å²) in [6, 6.07) is 9.63. The van der Waals surface area contributed by atoms with Crippen LogP contribution in [0.25, 0.3) is 10.9 Å². The maximum atomic E-state index is 13.5. The molecule has 1 amide bonds. The van der Waals surface area contributed by atoms with Gasteiger partial charge in [-0.2, -0.15) is 0 Å². The molecule has 0 aliphatic rings. The van der Waals surface area contributed by atoms with Crippen molar-refractivity contribution in [1.29, 1.82) is 0 Å². The molecular formula is C14H10FN3O. The van der Waals surface area contributed by atoms with Gasteiger partial charge in [0.1, 0.15) is 11.5 Å². The lowest BCUT2D eigenvalue weighted by Crippen LogP contribution is -2.12. The number of aromatic amines is 1. The van der Waals surface area contributed by atoms with Gasteiger partial charge in [-0.05, 0) is 30.3 Å². The number of anilines is 1. The number of pyridine rings is 1. The molecule has 0 radical (unpaired) electrons. The van der Waals surface area contributed by atoms with E-state index in [1.807, 2.05) is 0 Å². The van der Waals surface area contributed by atoms with E-state index >= 15 is 0 Å². The Kier molecular flexibility index (Phi) is 2.72. The summed E-state index contributed by atoms with van der Waals surface area (Å²) >= 11 is 0. The van der Waals surface area contributed by atoms with Crippen molar-refractivity contribution in [2.24, 2.45) is 0 Å². The van der Waals surface area contributed by atoms with Gasteiger partial charge in [0.05, 0.1) is 11.9 Å². The second-order valence-corrected chi connectivity index (χ2v) is 4.08. The normalized spacial score (nSPS) is 10.6. The molecule has 0 saturated heterocycles. The zero-order chi connectivity index (χ0) is 13.2. The van der Waals surface area contributed by atoms with Crippen LogP contribution in [0.2, 0.25) is 0 Å².